The number of aromatic nitrogens is 1. The van der Waals surface area contributed by atoms with E-state index in [9.17, 15) is 4.79 Å². The van der Waals surface area contributed by atoms with E-state index in [4.69, 9.17) is 0 Å². The van der Waals surface area contributed by atoms with Gasteiger partial charge in [0.2, 0.25) is 0 Å². The van der Waals surface area contributed by atoms with Crippen LogP contribution >= 0.6 is 27.3 Å². The fourth-order valence-electron chi connectivity index (χ4n) is 1.56. The molecule has 18 heavy (non-hydrogen) atoms. The molecule has 0 bridgehead atoms. The molecule has 0 aliphatic carbocycles. The Hall–Kier alpha value is -1.20. The van der Waals surface area contributed by atoms with Gasteiger partial charge in [-0.3, -0.25) is 4.79 Å². The summed E-state index contributed by atoms with van der Waals surface area (Å²) in [4.78, 5) is 16.1. The second-order valence-corrected chi connectivity index (χ2v) is 5.75. The predicted octanol–water partition coefficient (Wildman–Crippen LogP) is 3.19. The average molecular weight is 325 g/mol. The number of nitrogens with zero attached hydrogens (tertiary/aromatic N) is 1. The van der Waals surface area contributed by atoms with Crippen LogP contribution in [-0.4, -0.2) is 17.4 Å². The van der Waals surface area contributed by atoms with Gasteiger partial charge in [0.05, 0.1) is 10.6 Å². The summed E-state index contributed by atoms with van der Waals surface area (Å²) < 4.78 is 0.828. The number of nitrogens with one attached hydrogen (secondary N) is 1. The van der Waals surface area contributed by atoms with Crippen molar-refractivity contribution in [3.8, 4) is 0 Å². The van der Waals surface area contributed by atoms with E-state index in [1.807, 2.05) is 30.5 Å². The van der Waals surface area contributed by atoms with Gasteiger partial charge in [-0.1, -0.05) is 6.07 Å². The molecule has 0 radical (unpaired) electrons. The highest BCUT2D eigenvalue weighted by atomic mass is 79.9. The summed E-state index contributed by atoms with van der Waals surface area (Å²) >= 11 is 5.01. The van der Waals surface area contributed by atoms with E-state index in [1.54, 1.807) is 17.5 Å². The van der Waals surface area contributed by atoms with Gasteiger partial charge in [-0.15, -0.1) is 11.3 Å². The van der Waals surface area contributed by atoms with Gasteiger partial charge in [0.25, 0.3) is 5.91 Å². The van der Waals surface area contributed by atoms with Gasteiger partial charge >= 0.3 is 0 Å². The Morgan fingerprint density at radius 2 is 2.33 bits per heavy atom. The van der Waals surface area contributed by atoms with E-state index in [-0.39, 0.29) is 5.91 Å². The lowest BCUT2D eigenvalue weighted by molar-refractivity contribution is 0.0953. The van der Waals surface area contributed by atoms with Crippen LogP contribution in [0.15, 0.2) is 34.2 Å². The van der Waals surface area contributed by atoms with Gasteiger partial charge in [0.15, 0.2) is 0 Å². The zero-order chi connectivity index (χ0) is 13.0. The summed E-state index contributed by atoms with van der Waals surface area (Å²) in [5.74, 6) is -0.0570. The summed E-state index contributed by atoms with van der Waals surface area (Å²) in [5.41, 5.74) is 1.79. The topological polar surface area (TPSA) is 42.0 Å². The number of carbonyl (C=O) groups is 1. The summed E-state index contributed by atoms with van der Waals surface area (Å²) in [7, 11) is 0. The molecule has 3 nitrogen and oxygen atoms in total. The molecule has 5 heteroatoms. The van der Waals surface area contributed by atoms with Crippen LogP contribution in [0.1, 0.15) is 20.9 Å². The lowest BCUT2D eigenvalue weighted by Gasteiger charge is -2.06. The van der Waals surface area contributed by atoms with Crippen LogP contribution in [0.4, 0.5) is 0 Å². The van der Waals surface area contributed by atoms with Gasteiger partial charge in [0.1, 0.15) is 0 Å². The SMILES string of the molecule is Cc1ccc(C(=O)NCCc2nccs2)c(Br)c1. The molecule has 1 N–H and O–H groups in total. The van der Waals surface area contributed by atoms with Crippen LogP contribution in [0.3, 0.4) is 0 Å². The predicted molar refractivity (Wildman–Crippen MR) is 77.0 cm³/mol. The van der Waals surface area contributed by atoms with Crippen molar-refractivity contribution in [3.05, 3.63) is 50.4 Å². The first-order valence-electron chi connectivity index (χ1n) is 5.59. The number of aryl methyl sites for hydroxylation is 1. The lowest BCUT2D eigenvalue weighted by atomic mass is 10.1. The van der Waals surface area contributed by atoms with Crippen LogP contribution in [0.2, 0.25) is 0 Å². The van der Waals surface area contributed by atoms with Gasteiger partial charge < -0.3 is 5.32 Å². The Kier molecular flexibility index (Phi) is 4.49. The molecule has 1 aromatic carbocycles. The molecule has 0 fully saturated rings. The maximum absolute atomic E-state index is 11.9. The molecular formula is C13H13BrN2OS. The van der Waals surface area contributed by atoms with Crippen molar-refractivity contribution < 1.29 is 4.79 Å². The Labute approximate surface area is 118 Å². The third kappa shape index (κ3) is 3.40. The van der Waals surface area contributed by atoms with E-state index in [2.05, 4.69) is 26.2 Å². The minimum atomic E-state index is -0.0570. The highest BCUT2D eigenvalue weighted by Gasteiger charge is 2.09. The standard InChI is InChI=1S/C13H13BrN2OS/c1-9-2-3-10(11(14)8-9)13(17)16-5-4-12-15-6-7-18-12/h2-3,6-8H,4-5H2,1H3,(H,16,17). The fraction of sp³-hybridized carbons (Fsp3) is 0.231. The van der Waals surface area contributed by atoms with E-state index in [1.165, 1.54) is 0 Å². The largest absolute Gasteiger partial charge is 0.352 e. The molecule has 0 saturated heterocycles. The van der Waals surface area contributed by atoms with Crippen LogP contribution in [0.5, 0.6) is 0 Å². The first-order valence-corrected chi connectivity index (χ1v) is 7.27. The number of benzene rings is 1. The molecule has 94 valence electrons. The normalized spacial score (nSPS) is 10.3. The smallest absolute Gasteiger partial charge is 0.252 e. The van der Waals surface area contributed by atoms with Crippen LogP contribution < -0.4 is 5.32 Å². The van der Waals surface area contributed by atoms with E-state index >= 15 is 0 Å². The number of carbonyl (C=O) groups excluding carboxylic acids is 1. The van der Waals surface area contributed by atoms with Crippen molar-refractivity contribution in [1.82, 2.24) is 10.3 Å². The number of halogens is 1. The van der Waals surface area contributed by atoms with Gasteiger partial charge in [0, 0.05) is 29.0 Å². The Morgan fingerprint density at radius 1 is 1.50 bits per heavy atom. The highest BCUT2D eigenvalue weighted by Crippen LogP contribution is 2.18. The first kappa shape index (κ1) is 13.2. The maximum Gasteiger partial charge on any atom is 0.252 e. The maximum atomic E-state index is 11.9. The number of hydrogen-bond donors (Lipinski definition) is 1. The third-order valence-electron chi connectivity index (χ3n) is 2.48. The second kappa shape index (κ2) is 6.11. The second-order valence-electron chi connectivity index (χ2n) is 3.92. The fourth-order valence-corrected chi connectivity index (χ4v) is 2.85. The van der Waals surface area contributed by atoms with Gasteiger partial charge in [-0.2, -0.15) is 0 Å². The van der Waals surface area contributed by atoms with Crippen molar-refractivity contribution in [1.29, 1.82) is 0 Å². The Morgan fingerprint density at radius 3 is 3.00 bits per heavy atom. The van der Waals surface area contributed by atoms with E-state index < -0.39 is 0 Å². The Balaban J connectivity index is 1.91. The summed E-state index contributed by atoms with van der Waals surface area (Å²) in [6.45, 7) is 2.60. The van der Waals surface area contributed by atoms with Crippen LogP contribution in [0, 0.1) is 6.92 Å². The summed E-state index contributed by atoms with van der Waals surface area (Å²) in [6.07, 6.45) is 2.55. The number of hydrogen-bond acceptors (Lipinski definition) is 3. The third-order valence-corrected chi connectivity index (χ3v) is 3.97. The number of rotatable bonds is 4. The molecule has 1 heterocycles. The molecule has 0 atom stereocenters. The van der Waals surface area contributed by atoms with E-state index in [0.29, 0.717) is 12.1 Å². The van der Waals surface area contributed by atoms with Crippen molar-refractivity contribution in [2.75, 3.05) is 6.54 Å². The molecule has 0 aliphatic rings. The van der Waals surface area contributed by atoms with Crippen molar-refractivity contribution >= 4 is 33.2 Å². The number of thiazole rings is 1. The molecule has 0 saturated carbocycles. The molecule has 2 rings (SSSR count). The highest BCUT2D eigenvalue weighted by molar-refractivity contribution is 9.10. The minimum absolute atomic E-state index is 0.0570. The first-order chi connectivity index (χ1) is 8.66. The lowest BCUT2D eigenvalue weighted by Crippen LogP contribution is -2.26. The van der Waals surface area contributed by atoms with Crippen molar-refractivity contribution in [2.24, 2.45) is 0 Å². The average Bonchev–Trinajstić information content (AvgIpc) is 2.81. The molecular weight excluding hydrogens is 312 g/mol. The van der Waals surface area contributed by atoms with Crippen molar-refractivity contribution in [3.63, 3.8) is 0 Å². The quantitative estimate of drug-likeness (QED) is 0.938. The minimum Gasteiger partial charge on any atom is -0.352 e. The van der Waals surface area contributed by atoms with Gasteiger partial charge in [-0.25, -0.2) is 4.98 Å². The van der Waals surface area contributed by atoms with Crippen LogP contribution in [-0.2, 0) is 6.42 Å². The molecule has 1 aromatic heterocycles. The zero-order valence-electron chi connectivity index (χ0n) is 9.94. The summed E-state index contributed by atoms with van der Waals surface area (Å²) in [6, 6.07) is 5.70. The molecule has 0 aliphatic heterocycles. The zero-order valence-corrected chi connectivity index (χ0v) is 12.3. The monoisotopic (exact) mass is 324 g/mol. The molecule has 2 aromatic rings. The van der Waals surface area contributed by atoms with Gasteiger partial charge in [-0.05, 0) is 40.5 Å². The Bertz CT molecular complexity index is 540. The number of amides is 1. The molecule has 0 spiro atoms. The van der Waals surface area contributed by atoms with Crippen molar-refractivity contribution in [2.45, 2.75) is 13.3 Å². The molecule has 1 amide bonds. The van der Waals surface area contributed by atoms with E-state index in [0.717, 1.165) is 21.5 Å². The summed E-state index contributed by atoms with van der Waals surface area (Å²) in [5, 5.41) is 5.87. The molecule has 0 unspecified atom stereocenters. The van der Waals surface area contributed by atoms with Crippen LogP contribution in [0.25, 0.3) is 0 Å².